The molecule has 0 nitrogen and oxygen atoms in total. The van der Waals surface area contributed by atoms with E-state index in [1.165, 1.54) is 0 Å². The molecule has 0 aromatic heterocycles. The van der Waals surface area contributed by atoms with Gasteiger partial charge in [-0.2, -0.15) is 0 Å². The third-order valence-corrected chi connectivity index (χ3v) is 15.1. The SMILES string of the molecule is CC=[C]([Sn][CH3])[Sn][CH3]. The molecule has 0 aromatic carbocycles. The molecule has 0 atom stereocenters. The molecule has 0 amide bonds. The molecular formula is C5H10Sn2. The van der Waals surface area contributed by atoms with E-state index in [0.29, 0.717) is 0 Å². The molecule has 0 saturated carbocycles. The first kappa shape index (κ1) is 8.34. The molecular weight excluding hydrogens is 297 g/mol. The Morgan fingerprint density at radius 3 is 1.71 bits per heavy atom. The molecule has 0 bridgehead atoms. The summed E-state index contributed by atoms with van der Waals surface area (Å²) in [6, 6.07) is 0. The van der Waals surface area contributed by atoms with Crippen LogP contribution in [0.1, 0.15) is 6.92 Å². The van der Waals surface area contributed by atoms with Crippen LogP contribution in [-0.4, -0.2) is 42.3 Å². The number of hydrogen-bond acceptors (Lipinski definition) is 0. The Balaban J connectivity index is 3.38. The second-order valence-corrected chi connectivity index (χ2v) is 11.2. The zero-order chi connectivity index (χ0) is 5.70. The Bertz CT molecular complexity index is 60.5. The summed E-state index contributed by atoms with van der Waals surface area (Å²) in [7, 11) is 0. The van der Waals surface area contributed by atoms with Crippen LogP contribution in [0.2, 0.25) is 9.88 Å². The van der Waals surface area contributed by atoms with E-state index >= 15 is 0 Å². The molecule has 0 rings (SSSR count). The van der Waals surface area contributed by atoms with Crippen LogP contribution < -0.4 is 0 Å². The van der Waals surface area contributed by atoms with Crippen molar-refractivity contribution in [1.82, 2.24) is 0 Å². The van der Waals surface area contributed by atoms with Gasteiger partial charge >= 0.3 is 66.8 Å². The molecule has 4 radical (unpaired) electrons. The first-order chi connectivity index (χ1) is 3.35. The van der Waals surface area contributed by atoms with E-state index in [2.05, 4.69) is 22.9 Å². The molecule has 0 aliphatic rings. The fourth-order valence-electron chi connectivity index (χ4n) is 0.414. The average molecular weight is 308 g/mol. The Labute approximate surface area is 66.2 Å². The molecule has 0 heterocycles. The van der Waals surface area contributed by atoms with E-state index in [9.17, 15) is 0 Å². The summed E-state index contributed by atoms with van der Waals surface area (Å²) >= 11 is 0.0694. The first-order valence-corrected chi connectivity index (χ1v) is 10.9. The average Bonchev–Trinajstić information content (AvgIpc) is 1.72. The quantitative estimate of drug-likeness (QED) is 0.676. The molecule has 0 spiro atoms. The number of allylic oxidation sites excluding steroid dienone is 1. The van der Waals surface area contributed by atoms with Gasteiger partial charge in [-0.1, -0.05) is 0 Å². The van der Waals surface area contributed by atoms with Crippen LogP contribution in [-0.2, 0) is 0 Å². The minimum absolute atomic E-state index is 0.0347. The summed E-state index contributed by atoms with van der Waals surface area (Å²) in [6.07, 6.45) is 2.35. The summed E-state index contributed by atoms with van der Waals surface area (Å²) in [5, 5.41) is 0. The van der Waals surface area contributed by atoms with Crippen molar-refractivity contribution in [3.05, 3.63) is 7.68 Å². The van der Waals surface area contributed by atoms with Crippen molar-refractivity contribution in [3.8, 4) is 0 Å². The summed E-state index contributed by atoms with van der Waals surface area (Å²) in [5.41, 5.74) is 0. The molecule has 0 aromatic rings. The van der Waals surface area contributed by atoms with Crippen molar-refractivity contribution in [2.45, 2.75) is 16.8 Å². The number of rotatable bonds is 2. The molecule has 0 N–H and O–H groups in total. The second kappa shape index (κ2) is 5.47. The zero-order valence-corrected chi connectivity index (χ0v) is 10.8. The van der Waals surface area contributed by atoms with Crippen molar-refractivity contribution in [3.63, 3.8) is 0 Å². The summed E-state index contributed by atoms with van der Waals surface area (Å²) in [6.45, 7) is 2.18. The molecule has 2 heteroatoms. The van der Waals surface area contributed by atoms with Crippen molar-refractivity contribution >= 4 is 42.3 Å². The van der Waals surface area contributed by atoms with Crippen molar-refractivity contribution in [2.75, 3.05) is 0 Å². The second-order valence-electron chi connectivity index (χ2n) is 1.20. The van der Waals surface area contributed by atoms with Crippen molar-refractivity contribution in [2.24, 2.45) is 0 Å². The van der Waals surface area contributed by atoms with Crippen LogP contribution in [0.4, 0.5) is 0 Å². The standard InChI is InChI=1S/C3H4.2CH3.2Sn/c1-3-2;;;;/h3H,1H3;2*1H3;;. The van der Waals surface area contributed by atoms with Gasteiger partial charge < -0.3 is 0 Å². The Kier molecular flexibility index (Phi) is 6.52. The van der Waals surface area contributed by atoms with Gasteiger partial charge in [0, 0.05) is 0 Å². The summed E-state index contributed by atoms with van der Waals surface area (Å²) < 4.78 is 1.90. The van der Waals surface area contributed by atoms with Crippen LogP contribution in [0.25, 0.3) is 0 Å². The van der Waals surface area contributed by atoms with Gasteiger partial charge in [0.2, 0.25) is 0 Å². The van der Waals surface area contributed by atoms with Crippen LogP contribution >= 0.6 is 0 Å². The van der Waals surface area contributed by atoms with Crippen LogP contribution in [0.5, 0.6) is 0 Å². The predicted molar refractivity (Wildman–Crippen MR) is 37.0 cm³/mol. The predicted octanol–water partition coefficient (Wildman–Crippen LogP) is 1.35. The van der Waals surface area contributed by atoms with E-state index in [1.54, 1.807) is 0 Å². The fraction of sp³-hybridized carbons (Fsp3) is 0.600. The molecule has 7 heavy (non-hydrogen) atoms. The zero-order valence-electron chi connectivity index (χ0n) is 5.08. The van der Waals surface area contributed by atoms with Crippen LogP contribution in [0.15, 0.2) is 7.68 Å². The monoisotopic (exact) mass is 310 g/mol. The van der Waals surface area contributed by atoms with Gasteiger partial charge in [0.1, 0.15) is 0 Å². The first-order valence-electron chi connectivity index (χ1n) is 2.37. The third kappa shape index (κ3) is 3.88. The van der Waals surface area contributed by atoms with Gasteiger partial charge in [0.05, 0.1) is 0 Å². The van der Waals surface area contributed by atoms with E-state index in [-0.39, 0.29) is 42.3 Å². The van der Waals surface area contributed by atoms with Crippen LogP contribution in [0.3, 0.4) is 0 Å². The molecule has 38 valence electrons. The normalized spacial score (nSPS) is 8.43. The van der Waals surface area contributed by atoms with E-state index < -0.39 is 0 Å². The molecule has 0 unspecified atom stereocenters. The molecule has 0 aliphatic heterocycles. The maximum atomic E-state index is 2.41. The van der Waals surface area contributed by atoms with Gasteiger partial charge in [-0.25, -0.2) is 0 Å². The molecule has 0 aliphatic carbocycles. The van der Waals surface area contributed by atoms with Crippen LogP contribution in [0, 0.1) is 0 Å². The molecule has 0 saturated heterocycles. The van der Waals surface area contributed by atoms with Crippen molar-refractivity contribution in [1.29, 1.82) is 0 Å². The minimum atomic E-state index is 0.0347. The topological polar surface area (TPSA) is 0 Å². The van der Waals surface area contributed by atoms with Gasteiger partial charge in [0.15, 0.2) is 0 Å². The maximum absolute atomic E-state index is 2.41. The Morgan fingerprint density at radius 2 is 1.71 bits per heavy atom. The van der Waals surface area contributed by atoms with Crippen molar-refractivity contribution < 1.29 is 0 Å². The van der Waals surface area contributed by atoms with E-state index in [1.807, 2.05) is 1.60 Å². The van der Waals surface area contributed by atoms with E-state index in [4.69, 9.17) is 0 Å². The summed E-state index contributed by atoms with van der Waals surface area (Å²) in [5.74, 6) is 0. The Morgan fingerprint density at radius 1 is 1.29 bits per heavy atom. The van der Waals surface area contributed by atoms with E-state index in [0.717, 1.165) is 0 Å². The Hall–Kier alpha value is 1.34. The third-order valence-electron chi connectivity index (χ3n) is 0.827. The molecule has 0 fully saturated rings. The fourth-order valence-corrected chi connectivity index (χ4v) is 7.56. The van der Waals surface area contributed by atoms with Gasteiger partial charge in [-0.3, -0.25) is 0 Å². The van der Waals surface area contributed by atoms with Gasteiger partial charge in [0.25, 0.3) is 0 Å². The number of hydrogen-bond donors (Lipinski definition) is 0. The van der Waals surface area contributed by atoms with Gasteiger partial charge in [-0.15, -0.1) is 0 Å². The summed E-state index contributed by atoms with van der Waals surface area (Å²) in [4.78, 5) is 4.81. The van der Waals surface area contributed by atoms with Gasteiger partial charge in [-0.05, 0) is 0 Å².